The molecule has 1 aromatic carbocycles. The Labute approximate surface area is 131 Å². The summed E-state index contributed by atoms with van der Waals surface area (Å²) >= 11 is 0. The second-order valence-corrected chi connectivity index (χ2v) is 6.68. The Kier molecular flexibility index (Phi) is 6.10. The van der Waals surface area contributed by atoms with Gasteiger partial charge in [0.05, 0.1) is 10.4 Å². The zero-order valence-electron chi connectivity index (χ0n) is 12.0. The van der Waals surface area contributed by atoms with Gasteiger partial charge in [0, 0.05) is 24.2 Å². The number of fused-ring (bicyclic) bond motifs is 1. The molecule has 0 aliphatic rings. The lowest BCUT2D eigenvalue weighted by Gasteiger charge is -2.11. The molecule has 5 nitrogen and oxygen atoms in total. The van der Waals surface area contributed by atoms with Crippen molar-refractivity contribution < 1.29 is 8.42 Å². The normalized spacial score (nSPS) is 12.9. The molecule has 21 heavy (non-hydrogen) atoms. The average Bonchev–Trinajstić information content (AvgIpc) is 2.38. The number of aromatic nitrogens is 1. The van der Waals surface area contributed by atoms with Gasteiger partial charge < -0.3 is 5.73 Å². The summed E-state index contributed by atoms with van der Waals surface area (Å²) < 4.78 is 27.3. The van der Waals surface area contributed by atoms with Crippen LogP contribution in [0.4, 0.5) is 0 Å². The minimum Gasteiger partial charge on any atom is -0.328 e. The SMILES string of the molecule is Cc1ccc(S(=O)(=O)NCCC(C)N)c2cccnc12.Cl. The number of nitrogens with zero attached hydrogens (tertiary/aromatic N) is 1. The number of hydrogen-bond donors (Lipinski definition) is 2. The van der Waals surface area contributed by atoms with Gasteiger partial charge >= 0.3 is 0 Å². The summed E-state index contributed by atoms with van der Waals surface area (Å²) in [7, 11) is -3.54. The average molecular weight is 330 g/mol. The quantitative estimate of drug-likeness (QED) is 0.878. The maximum atomic E-state index is 12.4. The molecule has 0 aliphatic carbocycles. The van der Waals surface area contributed by atoms with Crippen molar-refractivity contribution in [1.29, 1.82) is 0 Å². The van der Waals surface area contributed by atoms with Crippen LogP contribution in [0.3, 0.4) is 0 Å². The molecule has 0 spiro atoms. The molecule has 1 atom stereocenters. The highest BCUT2D eigenvalue weighted by Gasteiger charge is 2.18. The first kappa shape index (κ1) is 17.8. The number of nitrogens with two attached hydrogens (primary N) is 1. The standard InChI is InChI=1S/C14H19N3O2S.ClH/c1-10-5-6-13(12-4-3-8-16-14(10)12)20(18,19)17-9-7-11(2)15;/h3-6,8,11,17H,7,9,15H2,1-2H3;1H. The van der Waals surface area contributed by atoms with Gasteiger partial charge in [-0.05, 0) is 44.0 Å². The number of nitrogens with one attached hydrogen (secondary N) is 1. The van der Waals surface area contributed by atoms with Crippen LogP contribution in [0.15, 0.2) is 35.4 Å². The van der Waals surface area contributed by atoms with Gasteiger partial charge in [-0.3, -0.25) is 4.98 Å². The van der Waals surface area contributed by atoms with Crippen molar-refractivity contribution in [3.05, 3.63) is 36.0 Å². The van der Waals surface area contributed by atoms with Crippen LogP contribution in [0.1, 0.15) is 18.9 Å². The van der Waals surface area contributed by atoms with Crippen molar-refractivity contribution >= 4 is 33.3 Å². The molecule has 0 amide bonds. The Hall–Kier alpha value is -1.21. The molecule has 2 aromatic rings. The van der Waals surface area contributed by atoms with E-state index in [1.807, 2.05) is 13.8 Å². The van der Waals surface area contributed by atoms with Gasteiger partial charge in [-0.15, -0.1) is 12.4 Å². The molecule has 7 heteroatoms. The molecular formula is C14H20ClN3O2S. The third kappa shape index (κ3) is 4.14. The summed E-state index contributed by atoms with van der Waals surface area (Å²) in [5.41, 5.74) is 7.29. The predicted octanol–water partition coefficient (Wildman–Crippen LogP) is 1.98. The number of hydrogen-bond acceptors (Lipinski definition) is 4. The summed E-state index contributed by atoms with van der Waals surface area (Å²) in [6.07, 6.45) is 2.26. The number of halogens is 1. The second kappa shape index (κ2) is 7.17. The van der Waals surface area contributed by atoms with Crippen LogP contribution in [-0.2, 0) is 10.0 Å². The third-order valence-electron chi connectivity index (χ3n) is 3.11. The first-order valence-corrected chi connectivity index (χ1v) is 8.00. The highest BCUT2D eigenvalue weighted by molar-refractivity contribution is 7.89. The van der Waals surface area contributed by atoms with Crippen LogP contribution >= 0.6 is 12.4 Å². The fourth-order valence-corrected chi connectivity index (χ4v) is 3.26. The lowest BCUT2D eigenvalue weighted by Crippen LogP contribution is -2.29. The van der Waals surface area contributed by atoms with E-state index in [1.165, 1.54) is 0 Å². The van der Waals surface area contributed by atoms with Gasteiger partial charge in [-0.1, -0.05) is 6.07 Å². The van der Waals surface area contributed by atoms with Crippen LogP contribution in [0.2, 0.25) is 0 Å². The molecule has 0 aliphatic heterocycles. The van der Waals surface area contributed by atoms with Crippen molar-refractivity contribution in [3.63, 3.8) is 0 Å². The maximum Gasteiger partial charge on any atom is 0.241 e. The first-order valence-electron chi connectivity index (χ1n) is 6.51. The van der Waals surface area contributed by atoms with Crippen LogP contribution in [0, 0.1) is 6.92 Å². The molecule has 0 fully saturated rings. The van der Waals surface area contributed by atoms with E-state index in [0.717, 1.165) is 5.56 Å². The minimum atomic E-state index is -3.54. The maximum absolute atomic E-state index is 12.4. The summed E-state index contributed by atoms with van der Waals surface area (Å²) in [6.45, 7) is 4.09. The lowest BCUT2D eigenvalue weighted by atomic mass is 10.1. The lowest BCUT2D eigenvalue weighted by molar-refractivity contribution is 0.572. The number of rotatable bonds is 5. The van der Waals surface area contributed by atoms with E-state index >= 15 is 0 Å². The van der Waals surface area contributed by atoms with E-state index < -0.39 is 10.0 Å². The van der Waals surface area contributed by atoms with Gasteiger partial charge in [0.15, 0.2) is 0 Å². The summed E-state index contributed by atoms with van der Waals surface area (Å²) in [4.78, 5) is 4.51. The summed E-state index contributed by atoms with van der Waals surface area (Å²) in [5, 5.41) is 0.640. The van der Waals surface area contributed by atoms with Crippen molar-refractivity contribution in [2.45, 2.75) is 31.2 Å². The first-order chi connectivity index (χ1) is 9.42. The molecule has 0 saturated heterocycles. The number of benzene rings is 1. The van der Waals surface area contributed by atoms with E-state index in [0.29, 0.717) is 23.9 Å². The van der Waals surface area contributed by atoms with Crippen LogP contribution in [0.5, 0.6) is 0 Å². The van der Waals surface area contributed by atoms with Crippen LogP contribution in [-0.4, -0.2) is 26.0 Å². The zero-order valence-corrected chi connectivity index (χ0v) is 13.7. The third-order valence-corrected chi connectivity index (χ3v) is 4.63. The molecule has 0 saturated carbocycles. The molecule has 0 radical (unpaired) electrons. The van der Waals surface area contributed by atoms with Gasteiger partial charge in [0.25, 0.3) is 0 Å². The molecular weight excluding hydrogens is 310 g/mol. The van der Waals surface area contributed by atoms with Crippen LogP contribution in [0.25, 0.3) is 10.9 Å². The van der Waals surface area contributed by atoms with Gasteiger partial charge in [0.1, 0.15) is 0 Å². The number of aryl methyl sites for hydroxylation is 1. The molecule has 116 valence electrons. The molecule has 2 rings (SSSR count). The van der Waals surface area contributed by atoms with Gasteiger partial charge in [-0.2, -0.15) is 0 Å². The highest BCUT2D eigenvalue weighted by atomic mass is 35.5. The van der Waals surface area contributed by atoms with Crippen molar-refractivity contribution in [2.24, 2.45) is 5.73 Å². The van der Waals surface area contributed by atoms with E-state index in [1.54, 1.807) is 30.5 Å². The Morgan fingerprint density at radius 2 is 2.05 bits per heavy atom. The molecule has 1 aromatic heterocycles. The second-order valence-electron chi connectivity index (χ2n) is 4.94. The molecule has 3 N–H and O–H groups in total. The van der Waals surface area contributed by atoms with E-state index in [2.05, 4.69) is 9.71 Å². The highest BCUT2D eigenvalue weighted by Crippen LogP contribution is 2.23. The predicted molar refractivity (Wildman–Crippen MR) is 87.2 cm³/mol. The fourth-order valence-electron chi connectivity index (χ4n) is 2.02. The number of sulfonamides is 1. The Bertz CT molecular complexity index is 717. The summed E-state index contributed by atoms with van der Waals surface area (Å²) in [5.74, 6) is 0. The fraction of sp³-hybridized carbons (Fsp3) is 0.357. The van der Waals surface area contributed by atoms with Gasteiger partial charge in [0.2, 0.25) is 10.0 Å². The van der Waals surface area contributed by atoms with Crippen molar-refractivity contribution in [1.82, 2.24) is 9.71 Å². The van der Waals surface area contributed by atoms with Gasteiger partial charge in [-0.25, -0.2) is 13.1 Å². The Morgan fingerprint density at radius 3 is 2.71 bits per heavy atom. The molecule has 0 bridgehead atoms. The van der Waals surface area contributed by atoms with Crippen molar-refractivity contribution in [2.75, 3.05) is 6.54 Å². The van der Waals surface area contributed by atoms with Crippen LogP contribution < -0.4 is 10.5 Å². The van der Waals surface area contributed by atoms with E-state index in [-0.39, 0.29) is 23.3 Å². The number of pyridine rings is 1. The topological polar surface area (TPSA) is 85.1 Å². The van der Waals surface area contributed by atoms with Crippen molar-refractivity contribution in [3.8, 4) is 0 Å². The van der Waals surface area contributed by atoms with E-state index in [9.17, 15) is 8.42 Å². The zero-order chi connectivity index (χ0) is 14.8. The largest absolute Gasteiger partial charge is 0.328 e. The van der Waals surface area contributed by atoms with E-state index in [4.69, 9.17) is 5.73 Å². The smallest absolute Gasteiger partial charge is 0.241 e. The minimum absolute atomic E-state index is 0. The molecule has 1 unspecified atom stereocenters. The Balaban J connectivity index is 0.00000220. The molecule has 1 heterocycles. The Morgan fingerprint density at radius 1 is 1.33 bits per heavy atom. The summed E-state index contributed by atoms with van der Waals surface area (Å²) in [6, 6.07) is 6.87. The monoisotopic (exact) mass is 329 g/mol.